The third-order valence-corrected chi connectivity index (χ3v) is 10.8. The van der Waals surface area contributed by atoms with Crippen molar-refractivity contribution in [1.29, 1.82) is 0 Å². The summed E-state index contributed by atoms with van der Waals surface area (Å²) in [4.78, 5) is 0. The van der Waals surface area contributed by atoms with E-state index in [0.29, 0.717) is 0 Å². The monoisotopic (exact) mass is 672 g/mol. The highest BCUT2D eigenvalue weighted by molar-refractivity contribution is 6.13. The van der Waals surface area contributed by atoms with E-state index in [9.17, 15) is 0 Å². The van der Waals surface area contributed by atoms with Crippen LogP contribution in [-0.4, -0.2) is 9.13 Å². The average molecular weight is 673 g/mol. The molecule has 7 aromatic carbocycles. The van der Waals surface area contributed by atoms with Crippen LogP contribution in [0.5, 0.6) is 0 Å². The van der Waals surface area contributed by atoms with Crippen LogP contribution in [0.1, 0.15) is 52.7 Å². The second kappa shape index (κ2) is 11.9. The number of rotatable bonds is 4. The Morgan fingerprint density at radius 2 is 0.769 bits per heavy atom. The zero-order valence-electron chi connectivity index (χ0n) is 30.9. The average Bonchev–Trinajstić information content (AvgIpc) is 3.66. The molecule has 9 aromatic rings. The van der Waals surface area contributed by atoms with Gasteiger partial charge in [-0.1, -0.05) is 163 Å². The molecular weight excluding hydrogens is 629 g/mol. The first-order chi connectivity index (χ1) is 25.1. The van der Waals surface area contributed by atoms with Crippen LogP contribution in [0.4, 0.5) is 0 Å². The Morgan fingerprint density at radius 3 is 1.27 bits per heavy atom. The van der Waals surface area contributed by atoms with E-state index < -0.39 is 0 Å². The van der Waals surface area contributed by atoms with E-state index in [0.717, 1.165) is 5.69 Å². The van der Waals surface area contributed by atoms with Gasteiger partial charge in [-0.25, -0.2) is 0 Å². The molecule has 0 saturated carbocycles. The number of aromatic nitrogens is 2. The van der Waals surface area contributed by atoms with E-state index in [1.807, 2.05) is 0 Å². The summed E-state index contributed by atoms with van der Waals surface area (Å²) in [6.07, 6.45) is 0. The minimum absolute atomic E-state index is 0.0326. The fourth-order valence-corrected chi connectivity index (χ4v) is 8.10. The molecule has 0 atom stereocenters. The normalized spacial score (nSPS) is 12.4. The van der Waals surface area contributed by atoms with Crippen molar-refractivity contribution >= 4 is 43.6 Å². The van der Waals surface area contributed by atoms with Crippen molar-refractivity contribution < 1.29 is 0 Å². The van der Waals surface area contributed by atoms with E-state index in [1.54, 1.807) is 0 Å². The van der Waals surface area contributed by atoms with Crippen molar-refractivity contribution in [2.45, 2.75) is 52.4 Å². The molecule has 0 aliphatic carbocycles. The second-order valence-corrected chi connectivity index (χ2v) is 16.3. The van der Waals surface area contributed by atoms with Gasteiger partial charge in [0.1, 0.15) is 0 Å². The van der Waals surface area contributed by atoms with Gasteiger partial charge in [-0.2, -0.15) is 0 Å². The summed E-state index contributed by atoms with van der Waals surface area (Å²) in [5.74, 6) is 0. The Balaban J connectivity index is 1.37. The van der Waals surface area contributed by atoms with Gasteiger partial charge in [0.25, 0.3) is 0 Å². The topological polar surface area (TPSA) is 9.86 Å². The number of hydrogen-bond acceptors (Lipinski definition) is 0. The molecule has 0 spiro atoms. The minimum atomic E-state index is 0.0326. The van der Waals surface area contributed by atoms with Gasteiger partial charge in [0, 0.05) is 38.4 Å². The van der Waals surface area contributed by atoms with Gasteiger partial charge in [0.2, 0.25) is 0 Å². The third-order valence-electron chi connectivity index (χ3n) is 10.8. The molecular formula is C50H44N2. The summed E-state index contributed by atoms with van der Waals surface area (Å²) in [6, 6.07) is 58.6. The largest absolute Gasteiger partial charge is 0.309 e. The molecule has 0 aliphatic rings. The van der Waals surface area contributed by atoms with Crippen molar-refractivity contribution in [3.05, 3.63) is 169 Å². The Labute approximate surface area is 306 Å². The van der Waals surface area contributed by atoms with Crippen LogP contribution in [-0.2, 0) is 10.8 Å². The Kier molecular flexibility index (Phi) is 7.31. The molecule has 2 heteroatoms. The summed E-state index contributed by atoms with van der Waals surface area (Å²) >= 11 is 0. The van der Waals surface area contributed by atoms with E-state index in [-0.39, 0.29) is 10.8 Å². The molecule has 9 rings (SSSR count). The van der Waals surface area contributed by atoms with Gasteiger partial charge < -0.3 is 9.13 Å². The Hall–Kier alpha value is -5.86. The first kappa shape index (κ1) is 32.1. The van der Waals surface area contributed by atoms with Crippen molar-refractivity contribution in [2.24, 2.45) is 0 Å². The van der Waals surface area contributed by atoms with Gasteiger partial charge in [-0.15, -0.1) is 0 Å². The predicted molar refractivity (Wildman–Crippen MR) is 223 cm³/mol. The molecule has 0 radical (unpaired) electrons. The zero-order chi connectivity index (χ0) is 35.8. The summed E-state index contributed by atoms with van der Waals surface area (Å²) in [6.45, 7) is 13.8. The van der Waals surface area contributed by atoms with E-state index >= 15 is 0 Å². The molecule has 52 heavy (non-hydrogen) atoms. The molecule has 2 nitrogen and oxygen atoms in total. The van der Waals surface area contributed by atoms with Crippen LogP contribution in [0.15, 0.2) is 158 Å². The molecule has 0 N–H and O–H groups in total. The van der Waals surface area contributed by atoms with E-state index in [4.69, 9.17) is 0 Å². The number of nitrogens with zero attached hydrogens (tertiary/aromatic N) is 2. The van der Waals surface area contributed by atoms with Gasteiger partial charge >= 0.3 is 0 Å². The highest BCUT2D eigenvalue weighted by atomic mass is 15.0. The predicted octanol–water partition coefficient (Wildman–Crippen LogP) is 13.8. The minimum Gasteiger partial charge on any atom is -0.309 e. The van der Waals surface area contributed by atoms with E-state index in [1.165, 1.54) is 82.7 Å². The Bertz CT molecular complexity index is 2680. The molecule has 0 amide bonds. The smallest absolute Gasteiger partial charge is 0.0618 e. The lowest BCUT2D eigenvalue weighted by Crippen LogP contribution is -2.11. The van der Waals surface area contributed by atoms with Crippen molar-refractivity contribution in [3.8, 4) is 33.6 Å². The van der Waals surface area contributed by atoms with Crippen molar-refractivity contribution in [2.75, 3.05) is 0 Å². The number of fused-ring (bicyclic) bond motifs is 6. The molecule has 0 unspecified atom stereocenters. The van der Waals surface area contributed by atoms with Gasteiger partial charge in [-0.05, 0) is 69.5 Å². The molecule has 0 saturated heterocycles. The van der Waals surface area contributed by atoms with Crippen LogP contribution in [0.2, 0.25) is 0 Å². The first-order valence-electron chi connectivity index (χ1n) is 18.4. The molecule has 0 fully saturated rings. The van der Waals surface area contributed by atoms with Gasteiger partial charge in [0.15, 0.2) is 0 Å². The standard InChI is InChI=1S/C50H44N2/c1-49(2,3)35-18-13-16-33(30-35)38-23-15-24-39(34-17-14-19-36(31-34)50(4,5)6)48(38)52-46-27-12-9-22-42(46)43-32-37(28-29-47(43)52)51-44-25-10-7-20-40(44)41-21-8-11-26-45(41)51/h7-32H,1-6H3. The van der Waals surface area contributed by atoms with Crippen molar-refractivity contribution in [3.63, 3.8) is 0 Å². The number of benzene rings is 7. The lowest BCUT2D eigenvalue weighted by Gasteiger charge is -2.23. The molecule has 254 valence electrons. The van der Waals surface area contributed by atoms with Gasteiger partial charge in [-0.3, -0.25) is 0 Å². The summed E-state index contributed by atoms with van der Waals surface area (Å²) < 4.78 is 4.95. The third kappa shape index (κ3) is 5.16. The highest BCUT2D eigenvalue weighted by Crippen LogP contribution is 2.43. The van der Waals surface area contributed by atoms with E-state index in [2.05, 4.69) is 208 Å². The molecule has 0 bridgehead atoms. The first-order valence-corrected chi connectivity index (χ1v) is 18.4. The zero-order valence-corrected chi connectivity index (χ0v) is 30.9. The summed E-state index contributed by atoms with van der Waals surface area (Å²) in [5, 5.41) is 5.03. The maximum atomic E-state index is 2.53. The fraction of sp³-hybridized carbons (Fsp3) is 0.160. The van der Waals surface area contributed by atoms with Crippen LogP contribution >= 0.6 is 0 Å². The molecule has 2 heterocycles. The maximum Gasteiger partial charge on any atom is 0.0618 e. The van der Waals surface area contributed by atoms with Crippen molar-refractivity contribution in [1.82, 2.24) is 9.13 Å². The van der Waals surface area contributed by atoms with Crippen LogP contribution in [0.25, 0.3) is 77.2 Å². The lowest BCUT2D eigenvalue weighted by atomic mass is 9.84. The van der Waals surface area contributed by atoms with Gasteiger partial charge in [0.05, 0.1) is 27.8 Å². The lowest BCUT2D eigenvalue weighted by molar-refractivity contribution is 0.590. The Morgan fingerprint density at radius 1 is 0.346 bits per heavy atom. The number of para-hydroxylation sites is 4. The quantitative estimate of drug-likeness (QED) is 0.176. The van der Waals surface area contributed by atoms with Crippen LogP contribution in [0.3, 0.4) is 0 Å². The molecule has 2 aromatic heterocycles. The highest BCUT2D eigenvalue weighted by Gasteiger charge is 2.23. The SMILES string of the molecule is CC(C)(C)c1cccc(-c2cccc(-c3cccc(C(C)(C)C)c3)c2-n2c3ccccc3c3cc(-n4c5ccccc5c5ccccc54)ccc32)c1. The summed E-state index contributed by atoms with van der Waals surface area (Å²) in [5.41, 5.74) is 14.8. The number of hydrogen-bond donors (Lipinski definition) is 0. The maximum absolute atomic E-state index is 2.53. The summed E-state index contributed by atoms with van der Waals surface area (Å²) in [7, 11) is 0. The molecule has 0 aliphatic heterocycles. The second-order valence-electron chi connectivity index (χ2n) is 16.3. The van der Waals surface area contributed by atoms with Crippen LogP contribution in [0, 0.1) is 0 Å². The van der Waals surface area contributed by atoms with Crippen LogP contribution < -0.4 is 0 Å². The fourth-order valence-electron chi connectivity index (χ4n) is 8.10.